The van der Waals surface area contributed by atoms with Crippen molar-refractivity contribution in [2.75, 3.05) is 0 Å². The van der Waals surface area contributed by atoms with E-state index >= 15 is 0 Å². The van der Waals surface area contributed by atoms with Crippen molar-refractivity contribution in [1.29, 1.82) is 5.26 Å². The second-order valence-corrected chi connectivity index (χ2v) is 0. The molecule has 0 N–H and O–H groups in total. The maximum absolute atomic E-state index is 6.50. The SMILES string of the molecule is C#N.[Co].[H-].[Na+]. The molecule has 0 amide bonds. The van der Waals surface area contributed by atoms with E-state index in [2.05, 4.69) is 6.57 Å². The zero-order chi connectivity index (χ0) is 2.00. The van der Waals surface area contributed by atoms with E-state index in [1.807, 2.05) is 0 Å². The molecule has 0 aromatic carbocycles. The van der Waals surface area contributed by atoms with Crippen molar-refractivity contribution >= 4 is 0 Å². The molecule has 0 saturated heterocycles. The third-order valence-corrected chi connectivity index (χ3v) is 0. The summed E-state index contributed by atoms with van der Waals surface area (Å²) in [5.74, 6) is 0. The molecule has 1 radical (unpaired) electrons. The van der Waals surface area contributed by atoms with E-state index in [1.165, 1.54) is 0 Å². The van der Waals surface area contributed by atoms with Gasteiger partial charge in [-0.15, -0.1) is 0 Å². The number of hydrogen-bond acceptors (Lipinski definition) is 1. The van der Waals surface area contributed by atoms with Gasteiger partial charge < -0.3 is 1.43 Å². The summed E-state index contributed by atoms with van der Waals surface area (Å²) < 4.78 is 0. The molecular weight excluding hydrogens is 108 g/mol. The summed E-state index contributed by atoms with van der Waals surface area (Å²) in [6.07, 6.45) is 0. The minimum Gasteiger partial charge on any atom is -1.00 e. The molecule has 0 aliphatic rings. The van der Waals surface area contributed by atoms with Gasteiger partial charge in [0.1, 0.15) is 0 Å². The van der Waals surface area contributed by atoms with E-state index in [-0.39, 0.29) is 47.8 Å². The van der Waals surface area contributed by atoms with Crippen molar-refractivity contribution < 1.29 is 47.8 Å². The number of nitrogens with zero attached hydrogens (tertiary/aromatic N) is 1. The molecular formula is CH2CoNNa. The van der Waals surface area contributed by atoms with E-state index in [9.17, 15) is 0 Å². The summed E-state index contributed by atoms with van der Waals surface area (Å²) in [4.78, 5) is 0. The Hall–Kier alpha value is 0.996. The predicted molar refractivity (Wildman–Crippen MR) is 7.78 cm³/mol. The van der Waals surface area contributed by atoms with Gasteiger partial charge in [-0.3, -0.25) is 0 Å². The number of nitriles is 1. The quantitative estimate of drug-likeness (QED) is 0.310. The van der Waals surface area contributed by atoms with Gasteiger partial charge in [-0.05, 0) is 0 Å². The molecule has 0 saturated carbocycles. The molecule has 0 aliphatic carbocycles. The fraction of sp³-hybridized carbons (Fsp3) is 0. The molecule has 0 heterocycles. The molecule has 4 heavy (non-hydrogen) atoms. The van der Waals surface area contributed by atoms with Gasteiger partial charge in [0.15, 0.2) is 0 Å². The normalized spacial score (nSPS) is 0.500. The Morgan fingerprint density at radius 3 is 1.50 bits per heavy atom. The molecule has 0 rings (SSSR count). The summed E-state index contributed by atoms with van der Waals surface area (Å²) in [6.45, 7) is 3.50. The van der Waals surface area contributed by atoms with Crippen molar-refractivity contribution in [3.05, 3.63) is 0 Å². The minimum atomic E-state index is 0. The van der Waals surface area contributed by atoms with Gasteiger partial charge in [-0.2, -0.15) is 0 Å². The summed E-state index contributed by atoms with van der Waals surface area (Å²) in [7, 11) is 0. The fourth-order valence-electron chi connectivity index (χ4n) is 0. The predicted octanol–water partition coefficient (Wildman–Crippen LogP) is -2.75. The maximum atomic E-state index is 6.50. The average molecular weight is 110 g/mol. The van der Waals surface area contributed by atoms with E-state index < -0.39 is 0 Å². The average Bonchev–Trinajstić information content (AvgIpc) is 1.00. The molecule has 0 aromatic heterocycles. The number of rotatable bonds is 0. The Kier molecular flexibility index (Phi) is 181. The van der Waals surface area contributed by atoms with Crippen LogP contribution in [0.3, 0.4) is 0 Å². The van der Waals surface area contributed by atoms with Crippen molar-refractivity contribution in [3.63, 3.8) is 0 Å². The summed E-state index contributed by atoms with van der Waals surface area (Å²) >= 11 is 0. The molecule has 0 aromatic rings. The second kappa shape index (κ2) is 36.1. The van der Waals surface area contributed by atoms with E-state index in [0.29, 0.717) is 0 Å². The third-order valence-electron chi connectivity index (χ3n) is 0. The van der Waals surface area contributed by atoms with Crippen LogP contribution in [0.1, 0.15) is 1.43 Å². The Morgan fingerprint density at radius 1 is 1.50 bits per heavy atom. The first-order chi connectivity index (χ1) is 1.00. The van der Waals surface area contributed by atoms with Gasteiger partial charge in [0, 0.05) is 23.4 Å². The summed E-state index contributed by atoms with van der Waals surface area (Å²) in [5, 5.41) is 6.50. The van der Waals surface area contributed by atoms with Crippen LogP contribution in [0.5, 0.6) is 0 Å². The Morgan fingerprint density at radius 2 is 1.50 bits per heavy atom. The van der Waals surface area contributed by atoms with Gasteiger partial charge in [-0.1, -0.05) is 0 Å². The molecule has 0 spiro atoms. The Bertz CT molecular complexity index is 16.4. The van der Waals surface area contributed by atoms with Crippen LogP contribution >= 0.6 is 0 Å². The van der Waals surface area contributed by atoms with Gasteiger partial charge in [0.25, 0.3) is 0 Å². The van der Waals surface area contributed by atoms with Crippen LogP contribution in [0.2, 0.25) is 0 Å². The van der Waals surface area contributed by atoms with Crippen LogP contribution in [-0.4, -0.2) is 0 Å². The van der Waals surface area contributed by atoms with Crippen LogP contribution in [0.15, 0.2) is 0 Å². The van der Waals surface area contributed by atoms with Gasteiger partial charge in [0.2, 0.25) is 0 Å². The van der Waals surface area contributed by atoms with Crippen LogP contribution in [-0.2, 0) is 16.8 Å². The van der Waals surface area contributed by atoms with Crippen LogP contribution in [0.25, 0.3) is 0 Å². The molecule has 0 fully saturated rings. The van der Waals surface area contributed by atoms with Crippen molar-refractivity contribution in [3.8, 4) is 6.57 Å². The summed E-state index contributed by atoms with van der Waals surface area (Å²) in [6, 6.07) is 0. The molecule has 0 unspecified atom stereocenters. The number of hydrogen-bond donors (Lipinski definition) is 0. The van der Waals surface area contributed by atoms with E-state index in [1.54, 1.807) is 0 Å². The molecule has 0 bridgehead atoms. The van der Waals surface area contributed by atoms with E-state index in [0.717, 1.165) is 0 Å². The third kappa shape index (κ3) is 12.0. The maximum Gasteiger partial charge on any atom is 1.00 e. The van der Waals surface area contributed by atoms with Gasteiger partial charge in [-0.25, -0.2) is 5.26 Å². The van der Waals surface area contributed by atoms with Gasteiger partial charge in [0.05, 0.1) is 0 Å². The zero-order valence-corrected chi connectivity index (χ0v) is 5.40. The Labute approximate surface area is 59.4 Å². The largest absolute Gasteiger partial charge is 1.00 e. The van der Waals surface area contributed by atoms with E-state index in [4.69, 9.17) is 5.26 Å². The molecule has 0 aliphatic heterocycles. The first-order valence-electron chi connectivity index (χ1n) is 0.258. The zero-order valence-electron chi connectivity index (χ0n) is 3.36. The Balaban J connectivity index is -0.00000000167. The molecule has 3 heteroatoms. The van der Waals surface area contributed by atoms with Crippen molar-refractivity contribution in [2.45, 2.75) is 0 Å². The van der Waals surface area contributed by atoms with Gasteiger partial charge >= 0.3 is 29.6 Å². The van der Waals surface area contributed by atoms with Crippen molar-refractivity contribution in [1.82, 2.24) is 0 Å². The minimum absolute atomic E-state index is 0. The van der Waals surface area contributed by atoms with Crippen LogP contribution in [0.4, 0.5) is 0 Å². The van der Waals surface area contributed by atoms with Crippen LogP contribution < -0.4 is 29.6 Å². The molecule has 1 nitrogen and oxygen atoms in total. The fourth-order valence-corrected chi connectivity index (χ4v) is 0. The summed E-state index contributed by atoms with van der Waals surface area (Å²) in [5.41, 5.74) is 0. The monoisotopic (exact) mass is 110 g/mol. The standard InChI is InChI=1S/CHN.Co.Na.H/c1-2;;;/h1H;;;/q;;+1;-1. The first kappa shape index (κ1) is 20.0. The first-order valence-corrected chi connectivity index (χ1v) is 0.258. The topological polar surface area (TPSA) is 23.8 Å². The molecule has 0 atom stereocenters. The van der Waals surface area contributed by atoms with Crippen molar-refractivity contribution in [2.24, 2.45) is 0 Å². The smallest absolute Gasteiger partial charge is 1.00 e. The van der Waals surface area contributed by atoms with Crippen LogP contribution in [0, 0.1) is 11.8 Å². The molecule has 21 valence electrons. The second-order valence-electron chi connectivity index (χ2n) is 0.